The molecule has 2 N–H and O–H groups in total. The van der Waals surface area contributed by atoms with Gasteiger partial charge in [-0.05, 0) is 12.3 Å². The van der Waals surface area contributed by atoms with Crippen LogP contribution in [0.1, 0.15) is 20.3 Å². The second kappa shape index (κ2) is 7.21. The van der Waals surface area contributed by atoms with Crippen LogP contribution in [0.15, 0.2) is 0 Å². The molecule has 0 amide bonds. The predicted octanol–water partition coefficient (Wildman–Crippen LogP) is 1.34. The molecule has 0 aromatic heterocycles. The molecule has 0 heterocycles. The summed E-state index contributed by atoms with van der Waals surface area (Å²) in [5.74, 6) is 5.47. The van der Waals surface area contributed by atoms with E-state index in [1.54, 1.807) is 0 Å². The molecular weight excluding hydrogens is 126 g/mol. The summed E-state index contributed by atoms with van der Waals surface area (Å²) >= 11 is 0. The van der Waals surface area contributed by atoms with Gasteiger partial charge in [-0.2, -0.15) is 0 Å². The van der Waals surface area contributed by atoms with Gasteiger partial charge in [-0.25, -0.2) is 5.90 Å². The molecule has 0 unspecified atom stereocenters. The molecule has 0 fully saturated rings. The average molecular weight is 140 g/mol. The minimum atomic E-state index is 0. The van der Waals surface area contributed by atoms with Crippen LogP contribution in [0.2, 0.25) is 0 Å². The third kappa shape index (κ3) is 9.51. The highest BCUT2D eigenvalue weighted by Crippen LogP contribution is 1.96. The fourth-order valence-corrected chi connectivity index (χ4v) is 0.304. The number of hydrogen-bond donors (Lipinski definition) is 1. The number of halogens is 1. The topological polar surface area (TPSA) is 35.2 Å². The van der Waals surface area contributed by atoms with Gasteiger partial charge in [0, 0.05) is 0 Å². The van der Waals surface area contributed by atoms with Crippen LogP contribution in [0.3, 0.4) is 0 Å². The molecule has 0 saturated heterocycles. The molecule has 0 spiro atoms. The number of hydrogen-bond acceptors (Lipinski definition) is 2. The Kier molecular flexibility index (Phi) is 9.97. The first kappa shape index (κ1) is 11.1. The smallest absolute Gasteiger partial charge is 0.0681 e. The van der Waals surface area contributed by atoms with Crippen molar-refractivity contribution < 1.29 is 4.84 Å². The summed E-state index contributed by atoms with van der Waals surface area (Å²) < 4.78 is 0. The molecule has 0 aliphatic rings. The largest absolute Gasteiger partial charge is 0.305 e. The van der Waals surface area contributed by atoms with E-state index in [0.717, 1.165) is 6.42 Å². The van der Waals surface area contributed by atoms with Crippen molar-refractivity contribution in [3.63, 3.8) is 0 Å². The number of rotatable bonds is 3. The van der Waals surface area contributed by atoms with Crippen LogP contribution >= 0.6 is 12.4 Å². The van der Waals surface area contributed by atoms with Gasteiger partial charge in [-0.15, -0.1) is 12.4 Å². The third-order valence-corrected chi connectivity index (χ3v) is 0.813. The molecular formula is C5H14ClNO. The molecule has 0 radical (unpaired) electrons. The van der Waals surface area contributed by atoms with Crippen molar-refractivity contribution in [2.45, 2.75) is 20.3 Å². The second-order valence-corrected chi connectivity index (χ2v) is 2.05. The summed E-state index contributed by atoms with van der Waals surface area (Å²) in [7, 11) is 0. The Morgan fingerprint density at radius 3 is 2.12 bits per heavy atom. The van der Waals surface area contributed by atoms with Crippen LogP contribution in [0.4, 0.5) is 0 Å². The Bertz CT molecular complexity index is 41.4. The molecule has 0 bridgehead atoms. The lowest BCUT2D eigenvalue weighted by Crippen LogP contribution is -2.03. The lowest BCUT2D eigenvalue weighted by molar-refractivity contribution is 0.126. The van der Waals surface area contributed by atoms with Gasteiger partial charge in [0.15, 0.2) is 0 Å². The highest BCUT2D eigenvalue weighted by atomic mass is 35.5. The van der Waals surface area contributed by atoms with Gasteiger partial charge >= 0.3 is 0 Å². The van der Waals surface area contributed by atoms with E-state index in [2.05, 4.69) is 18.7 Å². The summed E-state index contributed by atoms with van der Waals surface area (Å²) in [5, 5.41) is 0. The Hall–Kier alpha value is 0.210. The van der Waals surface area contributed by atoms with Crippen LogP contribution in [-0.4, -0.2) is 6.61 Å². The Morgan fingerprint density at radius 1 is 1.50 bits per heavy atom. The Balaban J connectivity index is 0. The van der Waals surface area contributed by atoms with Gasteiger partial charge in [-0.1, -0.05) is 13.8 Å². The molecule has 52 valence electrons. The van der Waals surface area contributed by atoms with E-state index >= 15 is 0 Å². The minimum absolute atomic E-state index is 0. The second-order valence-electron chi connectivity index (χ2n) is 2.05. The van der Waals surface area contributed by atoms with E-state index in [1.165, 1.54) is 0 Å². The molecule has 0 aliphatic carbocycles. The summed E-state index contributed by atoms with van der Waals surface area (Å²) in [6, 6.07) is 0. The van der Waals surface area contributed by atoms with E-state index in [4.69, 9.17) is 5.90 Å². The lowest BCUT2D eigenvalue weighted by Gasteiger charge is -1.99. The first-order chi connectivity index (χ1) is 3.27. The van der Waals surface area contributed by atoms with Crippen molar-refractivity contribution in [2.24, 2.45) is 11.8 Å². The average Bonchev–Trinajstić information content (AvgIpc) is 1.61. The van der Waals surface area contributed by atoms with E-state index in [9.17, 15) is 0 Å². The molecule has 0 saturated carbocycles. The summed E-state index contributed by atoms with van der Waals surface area (Å²) in [6.45, 7) is 4.95. The normalized spacial score (nSPS) is 9.00. The lowest BCUT2D eigenvalue weighted by atomic mass is 10.1. The van der Waals surface area contributed by atoms with Crippen LogP contribution in [0, 0.1) is 5.92 Å². The molecule has 0 aromatic rings. The SMILES string of the molecule is CC(C)CCON.Cl. The van der Waals surface area contributed by atoms with Gasteiger partial charge in [0.25, 0.3) is 0 Å². The highest BCUT2D eigenvalue weighted by molar-refractivity contribution is 5.85. The maximum absolute atomic E-state index is 4.78. The zero-order chi connectivity index (χ0) is 5.70. The zero-order valence-corrected chi connectivity index (χ0v) is 6.20. The summed E-state index contributed by atoms with van der Waals surface area (Å²) in [4.78, 5) is 4.35. The maximum Gasteiger partial charge on any atom is 0.0681 e. The zero-order valence-electron chi connectivity index (χ0n) is 5.39. The molecule has 0 aromatic carbocycles. The van der Waals surface area contributed by atoms with Gasteiger partial charge in [-0.3, -0.25) is 0 Å². The van der Waals surface area contributed by atoms with Crippen molar-refractivity contribution in [1.29, 1.82) is 0 Å². The summed E-state index contributed by atoms with van der Waals surface area (Å²) in [6.07, 6.45) is 1.05. The van der Waals surface area contributed by atoms with Crippen LogP contribution in [0.5, 0.6) is 0 Å². The molecule has 0 atom stereocenters. The first-order valence-electron chi connectivity index (χ1n) is 2.59. The van der Waals surface area contributed by atoms with Crippen molar-refractivity contribution in [3.05, 3.63) is 0 Å². The Morgan fingerprint density at radius 2 is 2.00 bits per heavy atom. The molecule has 2 nitrogen and oxygen atoms in total. The summed E-state index contributed by atoms with van der Waals surface area (Å²) in [5.41, 5.74) is 0. The molecule has 3 heteroatoms. The highest BCUT2D eigenvalue weighted by Gasteiger charge is 1.89. The van der Waals surface area contributed by atoms with Crippen molar-refractivity contribution in [1.82, 2.24) is 0 Å². The van der Waals surface area contributed by atoms with E-state index in [0.29, 0.717) is 12.5 Å². The van der Waals surface area contributed by atoms with Crippen molar-refractivity contribution in [3.8, 4) is 0 Å². The van der Waals surface area contributed by atoms with Gasteiger partial charge in [0.2, 0.25) is 0 Å². The molecule has 0 rings (SSSR count). The molecule has 8 heavy (non-hydrogen) atoms. The fourth-order valence-electron chi connectivity index (χ4n) is 0.304. The van der Waals surface area contributed by atoms with E-state index < -0.39 is 0 Å². The first-order valence-corrected chi connectivity index (χ1v) is 2.59. The van der Waals surface area contributed by atoms with Gasteiger partial charge in [0.05, 0.1) is 6.61 Å². The van der Waals surface area contributed by atoms with Crippen LogP contribution < -0.4 is 5.90 Å². The Labute approximate surface area is 56.8 Å². The standard InChI is InChI=1S/C5H13NO.ClH/c1-5(2)3-4-7-6;/h5H,3-4,6H2,1-2H3;1H. The van der Waals surface area contributed by atoms with Crippen molar-refractivity contribution in [2.75, 3.05) is 6.61 Å². The van der Waals surface area contributed by atoms with E-state index in [1.807, 2.05) is 0 Å². The van der Waals surface area contributed by atoms with Crippen LogP contribution in [0.25, 0.3) is 0 Å². The number of nitrogens with two attached hydrogens (primary N) is 1. The third-order valence-electron chi connectivity index (χ3n) is 0.813. The monoisotopic (exact) mass is 139 g/mol. The van der Waals surface area contributed by atoms with Crippen LogP contribution in [-0.2, 0) is 4.84 Å². The van der Waals surface area contributed by atoms with Gasteiger partial charge < -0.3 is 4.84 Å². The van der Waals surface area contributed by atoms with Gasteiger partial charge in [0.1, 0.15) is 0 Å². The molecule has 0 aliphatic heterocycles. The minimum Gasteiger partial charge on any atom is -0.305 e. The van der Waals surface area contributed by atoms with E-state index in [-0.39, 0.29) is 12.4 Å². The maximum atomic E-state index is 4.78. The van der Waals surface area contributed by atoms with Crippen molar-refractivity contribution >= 4 is 12.4 Å². The quantitative estimate of drug-likeness (QED) is 0.599. The fraction of sp³-hybridized carbons (Fsp3) is 1.00. The predicted molar refractivity (Wildman–Crippen MR) is 36.8 cm³/mol.